The topological polar surface area (TPSA) is 64.4 Å². The van der Waals surface area contributed by atoms with Gasteiger partial charge >= 0.3 is 0 Å². The van der Waals surface area contributed by atoms with E-state index in [-0.39, 0.29) is 10.0 Å². The Morgan fingerprint density at radius 2 is 2.14 bits per heavy atom. The van der Waals surface area contributed by atoms with Crippen molar-refractivity contribution < 1.29 is 0 Å². The van der Waals surface area contributed by atoms with Gasteiger partial charge in [0.1, 0.15) is 4.05 Å². The molecule has 0 spiro atoms. The van der Waals surface area contributed by atoms with Crippen molar-refractivity contribution in [3.63, 3.8) is 0 Å². The Morgan fingerprint density at radius 3 is 2.14 bits per heavy atom. The summed E-state index contributed by atoms with van der Waals surface area (Å²) < 4.78 is 0.183. The first-order valence-corrected chi connectivity index (χ1v) is 3.10. The highest BCUT2D eigenvalue weighted by atomic mass is 127. The van der Waals surface area contributed by atoms with Gasteiger partial charge < -0.3 is 11.5 Å². The molecule has 0 aliphatic carbocycles. The molecule has 0 saturated heterocycles. The predicted molar refractivity (Wildman–Crippen MR) is 39.3 cm³/mol. The van der Waals surface area contributed by atoms with E-state index in [2.05, 4.69) is 27.6 Å². The minimum atomic E-state index is 0.155. The standard InChI is InChI=1S/C3H8IN3/c1-2(4)7-3(5)6/h2H,1H3,(H4,5,6,7). The van der Waals surface area contributed by atoms with Gasteiger partial charge in [-0.2, -0.15) is 0 Å². The third-order valence-electron chi connectivity index (χ3n) is 0.327. The molecule has 3 nitrogen and oxygen atoms in total. The molecule has 0 heterocycles. The van der Waals surface area contributed by atoms with Gasteiger partial charge in [0.15, 0.2) is 5.96 Å². The van der Waals surface area contributed by atoms with Crippen LogP contribution in [0.2, 0.25) is 0 Å². The van der Waals surface area contributed by atoms with Crippen LogP contribution in [0.1, 0.15) is 6.92 Å². The van der Waals surface area contributed by atoms with E-state index in [4.69, 9.17) is 11.5 Å². The molecule has 1 unspecified atom stereocenters. The second-order valence-corrected chi connectivity index (χ2v) is 2.93. The molecule has 0 aromatic carbocycles. The maximum Gasteiger partial charge on any atom is 0.186 e. The van der Waals surface area contributed by atoms with Crippen molar-refractivity contribution in [3.8, 4) is 0 Å². The van der Waals surface area contributed by atoms with Gasteiger partial charge in [-0.15, -0.1) is 0 Å². The number of halogens is 1. The zero-order chi connectivity index (χ0) is 5.86. The van der Waals surface area contributed by atoms with Crippen LogP contribution in [0.5, 0.6) is 0 Å². The van der Waals surface area contributed by atoms with E-state index in [0.717, 1.165) is 0 Å². The first-order valence-electron chi connectivity index (χ1n) is 1.85. The number of aliphatic imine (C=N–C) groups is 1. The normalized spacial score (nSPS) is 12.9. The molecule has 0 aromatic heterocycles. The van der Waals surface area contributed by atoms with Crippen LogP contribution < -0.4 is 11.5 Å². The molecule has 4 N–H and O–H groups in total. The first-order chi connectivity index (χ1) is 3.13. The lowest BCUT2D eigenvalue weighted by Crippen LogP contribution is -2.23. The highest BCUT2D eigenvalue weighted by Crippen LogP contribution is 1.96. The lowest BCUT2D eigenvalue weighted by molar-refractivity contribution is 1.07. The smallest absolute Gasteiger partial charge is 0.186 e. The molecule has 0 aliphatic heterocycles. The third kappa shape index (κ3) is 6.00. The van der Waals surface area contributed by atoms with Crippen molar-refractivity contribution in [2.75, 3.05) is 0 Å². The van der Waals surface area contributed by atoms with E-state index >= 15 is 0 Å². The molecule has 0 aromatic rings. The maximum atomic E-state index is 5.02. The average Bonchev–Trinajstić information content (AvgIpc) is 1.27. The van der Waals surface area contributed by atoms with E-state index in [1.807, 2.05) is 6.92 Å². The molecule has 1 atom stereocenters. The zero-order valence-electron chi connectivity index (χ0n) is 4.06. The van der Waals surface area contributed by atoms with Crippen molar-refractivity contribution in [1.82, 2.24) is 0 Å². The predicted octanol–water partition coefficient (Wildman–Crippen LogP) is 0.0408. The molecule has 0 rings (SSSR count). The highest BCUT2D eigenvalue weighted by molar-refractivity contribution is 14.1. The molecular formula is C3H8IN3. The number of nitrogens with two attached hydrogens (primary N) is 2. The summed E-state index contributed by atoms with van der Waals surface area (Å²) in [5.41, 5.74) is 10.0. The second-order valence-electron chi connectivity index (χ2n) is 1.13. The van der Waals surface area contributed by atoms with Gasteiger partial charge in [-0.1, -0.05) is 22.6 Å². The molecule has 0 bridgehead atoms. The Balaban J connectivity index is 3.45. The Morgan fingerprint density at radius 1 is 1.71 bits per heavy atom. The van der Waals surface area contributed by atoms with E-state index in [1.54, 1.807) is 0 Å². The van der Waals surface area contributed by atoms with Crippen LogP contribution in [-0.2, 0) is 0 Å². The molecule has 0 amide bonds. The van der Waals surface area contributed by atoms with Crippen molar-refractivity contribution in [3.05, 3.63) is 0 Å². The maximum absolute atomic E-state index is 5.02. The largest absolute Gasteiger partial charge is 0.370 e. The number of rotatable bonds is 1. The summed E-state index contributed by atoms with van der Waals surface area (Å²) in [4.78, 5) is 3.74. The SMILES string of the molecule is CC(I)N=C(N)N. The molecule has 0 aliphatic rings. The Bertz CT molecular complexity index is 74.2. The van der Waals surface area contributed by atoms with Crippen LogP contribution >= 0.6 is 22.6 Å². The third-order valence-corrected chi connectivity index (χ3v) is 0.605. The molecule has 0 saturated carbocycles. The molecule has 7 heavy (non-hydrogen) atoms. The number of hydrogen-bond donors (Lipinski definition) is 2. The highest BCUT2D eigenvalue weighted by Gasteiger charge is 1.85. The van der Waals surface area contributed by atoms with Gasteiger partial charge in [0, 0.05) is 0 Å². The summed E-state index contributed by atoms with van der Waals surface area (Å²) in [6.07, 6.45) is 0. The minimum Gasteiger partial charge on any atom is -0.370 e. The van der Waals surface area contributed by atoms with Crippen LogP contribution in [0.15, 0.2) is 4.99 Å². The van der Waals surface area contributed by atoms with Gasteiger partial charge in [-0.05, 0) is 6.92 Å². The number of alkyl halides is 1. The van der Waals surface area contributed by atoms with E-state index in [9.17, 15) is 0 Å². The van der Waals surface area contributed by atoms with Crippen LogP contribution in [0, 0.1) is 0 Å². The zero-order valence-corrected chi connectivity index (χ0v) is 6.21. The fraction of sp³-hybridized carbons (Fsp3) is 0.667. The van der Waals surface area contributed by atoms with Gasteiger partial charge in [0.05, 0.1) is 0 Å². The summed E-state index contributed by atoms with van der Waals surface area (Å²) in [5, 5.41) is 0. The van der Waals surface area contributed by atoms with Gasteiger partial charge in [-0.25, -0.2) is 4.99 Å². The average molecular weight is 213 g/mol. The van der Waals surface area contributed by atoms with Gasteiger partial charge in [0.25, 0.3) is 0 Å². The van der Waals surface area contributed by atoms with Gasteiger partial charge in [0.2, 0.25) is 0 Å². The molecule has 42 valence electrons. The van der Waals surface area contributed by atoms with E-state index in [0.29, 0.717) is 0 Å². The van der Waals surface area contributed by atoms with E-state index < -0.39 is 0 Å². The van der Waals surface area contributed by atoms with Crippen LogP contribution in [0.4, 0.5) is 0 Å². The first kappa shape index (κ1) is 7.00. The van der Waals surface area contributed by atoms with Gasteiger partial charge in [-0.3, -0.25) is 0 Å². The van der Waals surface area contributed by atoms with Crippen molar-refractivity contribution >= 4 is 28.6 Å². The summed E-state index contributed by atoms with van der Waals surface area (Å²) in [6.45, 7) is 1.90. The minimum absolute atomic E-state index is 0.155. The number of guanidine groups is 1. The Kier molecular flexibility index (Phi) is 3.06. The summed E-state index contributed by atoms with van der Waals surface area (Å²) in [5.74, 6) is 0.155. The molecule has 0 fully saturated rings. The van der Waals surface area contributed by atoms with Crippen molar-refractivity contribution in [2.45, 2.75) is 11.0 Å². The molecule has 0 radical (unpaired) electrons. The number of hydrogen-bond acceptors (Lipinski definition) is 1. The van der Waals surface area contributed by atoms with Crippen LogP contribution in [0.25, 0.3) is 0 Å². The Hall–Kier alpha value is 0. The van der Waals surface area contributed by atoms with Crippen molar-refractivity contribution in [2.24, 2.45) is 16.5 Å². The van der Waals surface area contributed by atoms with Crippen LogP contribution in [0.3, 0.4) is 0 Å². The fourth-order valence-electron chi connectivity index (χ4n) is 0.205. The van der Waals surface area contributed by atoms with Crippen LogP contribution in [-0.4, -0.2) is 10.0 Å². The lowest BCUT2D eigenvalue weighted by atomic mass is 10.8. The summed E-state index contributed by atoms with van der Waals surface area (Å²) in [7, 11) is 0. The van der Waals surface area contributed by atoms with Crippen molar-refractivity contribution in [1.29, 1.82) is 0 Å². The fourth-order valence-corrected chi connectivity index (χ4v) is 0.527. The monoisotopic (exact) mass is 213 g/mol. The summed E-state index contributed by atoms with van der Waals surface area (Å²) in [6, 6.07) is 0. The lowest BCUT2D eigenvalue weighted by Gasteiger charge is -1.91. The Labute approximate surface area is 56.3 Å². The summed E-state index contributed by atoms with van der Waals surface area (Å²) >= 11 is 2.11. The quantitative estimate of drug-likeness (QED) is 0.212. The molecular weight excluding hydrogens is 205 g/mol. The molecule has 4 heteroatoms. The van der Waals surface area contributed by atoms with E-state index in [1.165, 1.54) is 0 Å². The number of nitrogens with zero attached hydrogens (tertiary/aromatic N) is 1. The second kappa shape index (κ2) is 3.06.